The second-order valence-electron chi connectivity index (χ2n) is 9.35. The molecule has 206 valence electrons. The summed E-state index contributed by atoms with van der Waals surface area (Å²) in [5.74, 6) is -0.786. The fraction of sp³-hybridized carbons (Fsp3) is 0.200. The number of carbonyl (C=O) groups excluding carboxylic acids is 1. The minimum absolute atomic E-state index is 0.173. The normalized spacial score (nSPS) is 15.1. The number of pyridine rings is 1. The molecule has 3 aromatic carbocycles. The lowest BCUT2D eigenvalue weighted by Gasteiger charge is -2.41. The zero-order valence-electron chi connectivity index (χ0n) is 21.2. The molecule has 0 radical (unpaired) electrons. The highest BCUT2D eigenvalue weighted by Gasteiger charge is 2.39. The molecule has 1 aliphatic rings. The third-order valence-corrected chi connectivity index (χ3v) is 7.55. The van der Waals surface area contributed by atoms with Gasteiger partial charge >= 0.3 is 12.2 Å². The highest BCUT2D eigenvalue weighted by atomic mass is 127. The molecule has 4 aromatic rings. The monoisotopic (exact) mass is 660 g/mol. The third-order valence-electron chi connectivity index (χ3n) is 6.83. The van der Waals surface area contributed by atoms with Gasteiger partial charge in [0.25, 0.3) is 0 Å². The highest BCUT2D eigenvalue weighted by molar-refractivity contribution is 14.1. The summed E-state index contributed by atoms with van der Waals surface area (Å²) in [6.45, 7) is 1.52. The van der Waals surface area contributed by atoms with E-state index in [4.69, 9.17) is 0 Å². The standard InChI is InChI=1S/C30H25F4IN4O/c31-23-12-8-21(9-13-23)27(22-10-14-24(35)15-11-22)37-17-19-38(20-18-37)29(40)39(25-5-2-1-3-6-25)28-26(30(32,33)34)7-4-16-36-28/h1-16,27H,17-20H2. The number of para-hydroxylation sites is 1. The number of rotatable bonds is 5. The van der Waals surface area contributed by atoms with Gasteiger partial charge in [-0.15, -0.1) is 0 Å². The van der Waals surface area contributed by atoms with Crippen molar-refractivity contribution in [3.63, 3.8) is 0 Å². The Morgan fingerprint density at radius 1 is 0.825 bits per heavy atom. The molecular formula is C30H25F4IN4O. The third kappa shape index (κ3) is 6.12. The molecule has 5 nitrogen and oxygen atoms in total. The molecule has 0 spiro atoms. The van der Waals surface area contributed by atoms with E-state index in [0.29, 0.717) is 31.9 Å². The number of carbonyl (C=O) groups is 1. The fourth-order valence-electron chi connectivity index (χ4n) is 4.91. The van der Waals surface area contributed by atoms with Crippen LogP contribution in [0.5, 0.6) is 0 Å². The van der Waals surface area contributed by atoms with Crippen molar-refractivity contribution < 1.29 is 22.4 Å². The Labute approximate surface area is 243 Å². The number of anilines is 2. The Bertz CT molecular complexity index is 1400. The first-order chi connectivity index (χ1) is 19.2. The fourth-order valence-corrected chi connectivity index (χ4v) is 5.27. The van der Waals surface area contributed by atoms with Crippen LogP contribution in [0.4, 0.5) is 33.9 Å². The van der Waals surface area contributed by atoms with Gasteiger partial charge in [0.1, 0.15) is 5.82 Å². The van der Waals surface area contributed by atoms with Gasteiger partial charge in [-0.2, -0.15) is 13.2 Å². The van der Waals surface area contributed by atoms with Crippen molar-refractivity contribution in [2.45, 2.75) is 12.2 Å². The van der Waals surface area contributed by atoms with E-state index in [1.54, 1.807) is 47.4 Å². The van der Waals surface area contributed by atoms with Crippen LogP contribution in [0.1, 0.15) is 22.7 Å². The molecule has 40 heavy (non-hydrogen) atoms. The Balaban J connectivity index is 1.42. The number of amides is 2. The quantitative estimate of drug-likeness (QED) is 0.164. The van der Waals surface area contributed by atoms with Crippen LogP contribution >= 0.6 is 22.6 Å². The van der Waals surface area contributed by atoms with Gasteiger partial charge in [-0.05, 0) is 82.2 Å². The first-order valence-electron chi connectivity index (χ1n) is 12.6. The first kappa shape index (κ1) is 28.0. The van der Waals surface area contributed by atoms with Crippen molar-refractivity contribution >= 4 is 40.1 Å². The largest absolute Gasteiger partial charge is 0.419 e. The summed E-state index contributed by atoms with van der Waals surface area (Å²) in [6, 6.07) is 24.1. The Kier molecular flexibility index (Phi) is 8.36. The van der Waals surface area contributed by atoms with Gasteiger partial charge in [-0.3, -0.25) is 4.90 Å². The molecule has 2 heterocycles. The zero-order valence-corrected chi connectivity index (χ0v) is 23.4. The van der Waals surface area contributed by atoms with E-state index in [-0.39, 0.29) is 11.9 Å². The second-order valence-corrected chi connectivity index (χ2v) is 10.6. The maximum atomic E-state index is 13.9. The maximum Gasteiger partial charge on any atom is 0.419 e. The van der Waals surface area contributed by atoms with Crippen LogP contribution in [-0.4, -0.2) is 47.0 Å². The Hall–Kier alpha value is -3.51. The molecule has 1 atom stereocenters. The molecule has 2 amide bonds. The van der Waals surface area contributed by atoms with Crippen LogP contribution in [0, 0.1) is 9.39 Å². The second kappa shape index (κ2) is 11.9. The average molecular weight is 660 g/mol. The summed E-state index contributed by atoms with van der Waals surface area (Å²) < 4.78 is 56.6. The number of piperazine rings is 1. The number of aromatic nitrogens is 1. The molecule has 1 fully saturated rings. The van der Waals surface area contributed by atoms with Crippen LogP contribution in [0.25, 0.3) is 0 Å². The van der Waals surface area contributed by atoms with Crippen LogP contribution in [0.3, 0.4) is 0 Å². The molecule has 0 aliphatic carbocycles. The van der Waals surface area contributed by atoms with Crippen molar-refractivity contribution in [3.8, 4) is 0 Å². The molecule has 1 saturated heterocycles. The summed E-state index contributed by atoms with van der Waals surface area (Å²) >= 11 is 2.24. The van der Waals surface area contributed by atoms with Crippen LogP contribution in [-0.2, 0) is 6.18 Å². The zero-order chi connectivity index (χ0) is 28.3. The molecular weight excluding hydrogens is 635 g/mol. The van der Waals surface area contributed by atoms with Crippen LogP contribution < -0.4 is 4.90 Å². The topological polar surface area (TPSA) is 39.7 Å². The van der Waals surface area contributed by atoms with Crippen molar-refractivity contribution in [3.05, 3.63) is 123 Å². The minimum atomic E-state index is -4.69. The summed E-state index contributed by atoms with van der Waals surface area (Å²) in [7, 11) is 0. The van der Waals surface area contributed by atoms with E-state index >= 15 is 0 Å². The molecule has 1 aliphatic heterocycles. The van der Waals surface area contributed by atoms with E-state index in [1.165, 1.54) is 24.4 Å². The number of nitrogens with zero attached hydrogens (tertiary/aromatic N) is 4. The van der Waals surface area contributed by atoms with Crippen LogP contribution in [0.2, 0.25) is 0 Å². The van der Waals surface area contributed by atoms with Gasteiger partial charge in [-0.25, -0.2) is 19.1 Å². The van der Waals surface area contributed by atoms with E-state index < -0.39 is 23.6 Å². The van der Waals surface area contributed by atoms with Crippen LogP contribution in [0.15, 0.2) is 97.2 Å². The highest BCUT2D eigenvalue weighted by Crippen LogP contribution is 2.38. The molecule has 1 aromatic heterocycles. The van der Waals surface area contributed by atoms with Gasteiger partial charge in [0.2, 0.25) is 0 Å². The summed E-state index contributed by atoms with van der Waals surface area (Å²) in [6.07, 6.45) is -3.44. The Morgan fingerprint density at radius 3 is 2.02 bits per heavy atom. The van der Waals surface area contributed by atoms with E-state index in [9.17, 15) is 22.4 Å². The number of alkyl halides is 3. The number of hydrogen-bond donors (Lipinski definition) is 0. The molecule has 0 N–H and O–H groups in total. The molecule has 0 bridgehead atoms. The van der Waals surface area contributed by atoms with Gasteiger partial charge in [0.15, 0.2) is 5.82 Å². The van der Waals surface area contributed by atoms with Crippen molar-refractivity contribution in [2.24, 2.45) is 0 Å². The lowest BCUT2D eigenvalue weighted by Crippen LogP contribution is -2.53. The molecule has 5 rings (SSSR count). The van der Waals surface area contributed by atoms with Crippen molar-refractivity contribution in [1.29, 1.82) is 0 Å². The van der Waals surface area contributed by atoms with Gasteiger partial charge in [0, 0.05) is 35.9 Å². The average Bonchev–Trinajstić information content (AvgIpc) is 2.96. The van der Waals surface area contributed by atoms with Gasteiger partial charge in [0.05, 0.1) is 17.3 Å². The summed E-state index contributed by atoms with van der Waals surface area (Å²) in [5.41, 5.74) is 1.25. The predicted molar refractivity (Wildman–Crippen MR) is 154 cm³/mol. The van der Waals surface area contributed by atoms with Gasteiger partial charge in [-0.1, -0.05) is 42.5 Å². The van der Waals surface area contributed by atoms with Gasteiger partial charge < -0.3 is 4.90 Å². The molecule has 1 unspecified atom stereocenters. The summed E-state index contributed by atoms with van der Waals surface area (Å²) in [5, 5.41) is 0. The smallest absolute Gasteiger partial charge is 0.321 e. The van der Waals surface area contributed by atoms with E-state index in [0.717, 1.165) is 25.7 Å². The van der Waals surface area contributed by atoms with E-state index in [2.05, 4.69) is 32.5 Å². The molecule has 0 saturated carbocycles. The SMILES string of the molecule is O=C(N1CCN(C(c2ccc(F)cc2)c2ccc(I)cc2)CC1)N(c1ccccc1)c1ncccc1C(F)(F)F. The lowest BCUT2D eigenvalue weighted by atomic mass is 9.96. The van der Waals surface area contributed by atoms with Crippen molar-refractivity contribution in [1.82, 2.24) is 14.8 Å². The first-order valence-corrected chi connectivity index (χ1v) is 13.7. The predicted octanol–water partition coefficient (Wildman–Crippen LogP) is 7.51. The van der Waals surface area contributed by atoms with E-state index in [1.807, 2.05) is 24.3 Å². The Morgan fingerprint density at radius 2 is 1.43 bits per heavy atom. The number of hydrogen-bond acceptors (Lipinski definition) is 3. The number of urea groups is 1. The minimum Gasteiger partial charge on any atom is -0.321 e. The lowest BCUT2D eigenvalue weighted by molar-refractivity contribution is -0.137. The maximum absolute atomic E-state index is 13.9. The number of benzene rings is 3. The van der Waals surface area contributed by atoms with Crippen molar-refractivity contribution in [2.75, 3.05) is 31.1 Å². The number of halogens is 5. The molecule has 10 heteroatoms. The summed E-state index contributed by atoms with van der Waals surface area (Å²) in [4.78, 5) is 22.6.